The molecule has 2 N–H and O–H groups in total. The molecule has 1 aromatic rings. The molecule has 3 nitrogen and oxygen atoms in total. The van der Waals surface area contributed by atoms with Crippen LogP contribution in [0.1, 0.15) is 24.2 Å². The molecular weight excluding hydrogens is 150 g/mol. The zero-order chi connectivity index (χ0) is 8.60. The lowest BCUT2D eigenvalue weighted by Gasteiger charge is -2.06. The van der Waals surface area contributed by atoms with Crippen LogP contribution in [0.4, 0.5) is 0 Å². The molecule has 1 heterocycles. The number of hydrogen-bond acceptors (Lipinski definition) is 3. The van der Waals surface area contributed by atoms with Gasteiger partial charge in [-0.25, -0.2) is 0 Å². The van der Waals surface area contributed by atoms with Gasteiger partial charge in [-0.2, -0.15) is 0 Å². The highest BCUT2D eigenvalue weighted by atomic mass is 14.9. The van der Waals surface area contributed by atoms with Gasteiger partial charge in [-0.3, -0.25) is 9.97 Å². The lowest BCUT2D eigenvalue weighted by atomic mass is 10.1. The van der Waals surface area contributed by atoms with Crippen LogP contribution in [-0.2, 0) is 6.42 Å². The Morgan fingerprint density at radius 1 is 1.42 bits per heavy atom. The van der Waals surface area contributed by atoms with Crippen molar-refractivity contribution in [2.75, 3.05) is 0 Å². The highest BCUT2D eigenvalue weighted by Gasteiger charge is 2.38. The third-order valence-electron chi connectivity index (χ3n) is 2.26. The van der Waals surface area contributed by atoms with Gasteiger partial charge in [0.1, 0.15) is 0 Å². The van der Waals surface area contributed by atoms with Crippen molar-refractivity contribution in [3.63, 3.8) is 0 Å². The molecule has 0 aromatic carbocycles. The Morgan fingerprint density at radius 3 is 2.67 bits per heavy atom. The molecular formula is C9H13N3. The van der Waals surface area contributed by atoms with Crippen molar-refractivity contribution >= 4 is 0 Å². The zero-order valence-electron chi connectivity index (χ0n) is 7.25. The molecule has 0 amide bonds. The molecule has 12 heavy (non-hydrogen) atoms. The van der Waals surface area contributed by atoms with Gasteiger partial charge in [-0.05, 0) is 19.8 Å². The van der Waals surface area contributed by atoms with E-state index in [1.54, 1.807) is 6.20 Å². The molecule has 64 valence electrons. The van der Waals surface area contributed by atoms with Gasteiger partial charge < -0.3 is 5.73 Å². The predicted molar refractivity (Wildman–Crippen MR) is 46.6 cm³/mol. The van der Waals surface area contributed by atoms with E-state index in [4.69, 9.17) is 5.73 Å². The fourth-order valence-electron chi connectivity index (χ4n) is 1.21. The SMILES string of the molecule is Cc1cnc(CC2(N)CC2)cn1. The molecule has 1 fully saturated rings. The van der Waals surface area contributed by atoms with Gasteiger partial charge in [0.2, 0.25) is 0 Å². The lowest BCUT2D eigenvalue weighted by molar-refractivity contribution is 0.656. The predicted octanol–water partition coefficient (Wildman–Crippen LogP) is 0.819. The molecule has 0 aliphatic heterocycles. The van der Waals surface area contributed by atoms with Crippen molar-refractivity contribution in [2.45, 2.75) is 31.7 Å². The van der Waals surface area contributed by atoms with Gasteiger partial charge >= 0.3 is 0 Å². The van der Waals surface area contributed by atoms with Gasteiger partial charge in [0.15, 0.2) is 0 Å². The third-order valence-corrected chi connectivity index (χ3v) is 2.26. The molecule has 0 unspecified atom stereocenters. The first-order valence-electron chi connectivity index (χ1n) is 4.24. The summed E-state index contributed by atoms with van der Waals surface area (Å²) in [5.41, 5.74) is 7.97. The van der Waals surface area contributed by atoms with Crippen LogP contribution in [0.5, 0.6) is 0 Å². The Hall–Kier alpha value is -0.960. The van der Waals surface area contributed by atoms with Crippen LogP contribution in [0.2, 0.25) is 0 Å². The summed E-state index contributed by atoms with van der Waals surface area (Å²) >= 11 is 0. The van der Waals surface area contributed by atoms with E-state index in [0.717, 1.165) is 30.7 Å². The Labute approximate surface area is 72.0 Å². The van der Waals surface area contributed by atoms with Crippen molar-refractivity contribution in [3.8, 4) is 0 Å². The molecule has 0 spiro atoms. The molecule has 1 saturated carbocycles. The first kappa shape index (κ1) is 7.68. The van der Waals surface area contributed by atoms with Crippen LogP contribution in [0.3, 0.4) is 0 Å². The summed E-state index contributed by atoms with van der Waals surface area (Å²) in [6.45, 7) is 1.94. The molecule has 0 atom stereocenters. The topological polar surface area (TPSA) is 51.8 Å². The molecule has 0 radical (unpaired) electrons. The molecule has 1 aliphatic rings. The van der Waals surface area contributed by atoms with Crippen molar-refractivity contribution in [1.29, 1.82) is 0 Å². The van der Waals surface area contributed by atoms with Crippen LogP contribution >= 0.6 is 0 Å². The van der Waals surface area contributed by atoms with Gasteiger partial charge in [-0.15, -0.1) is 0 Å². The lowest BCUT2D eigenvalue weighted by Crippen LogP contribution is -2.25. The summed E-state index contributed by atoms with van der Waals surface area (Å²) < 4.78 is 0. The maximum absolute atomic E-state index is 5.95. The monoisotopic (exact) mass is 163 g/mol. The first-order valence-corrected chi connectivity index (χ1v) is 4.24. The summed E-state index contributed by atoms with van der Waals surface area (Å²) in [6, 6.07) is 0. The Morgan fingerprint density at radius 2 is 2.17 bits per heavy atom. The molecule has 0 bridgehead atoms. The summed E-state index contributed by atoms with van der Waals surface area (Å²) in [5.74, 6) is 0. The summed E-state index contributed by atoms with van der Waals surface area (Å²) in [7, 11) is 0. The Balaban J connectivity index is 2.08. The summed E-state index contributed by atoms with van der Waals surface area (Å²) in [6.07, 6.45) is 6.74. The largest absolute Gasteiger partial charge is 0.325 e. The average molecular weight is 163 g/mol. The van der Waals surface area contributed by atoms with Crippen molar-refractivity contribution < 1.29 is 0 Å². The minimum absolute atomic E-state index is 0.0456. The highest BCUT2D eigenvalue weighted by molar-refractivity contribution is 5.11. The van der Waals surface area contributed by atoms with Crippen molar-refractivity contribution in [3.05, 3.63) is 23.8 Å². The number of rotatable bonds is 2. The van der Waals surface area contributed by atoms with E-state index >= 15 is 0 Å². The second kappa shape index (κ2) is 2.52. The Bertz CT molecular complexity index is 274. The van der Waals surface area contributed by atoms with E-state index in [-0.39, 0.29) is 5.54 Å². The highest BCUT2D eigenvalue weighted by Crippen LogP contribution is 2.34. The third kappa shape index (κ3) is 1.61. The number of hydrogen-bond donors (Lipinski definition) is 1. The average Bonchev–Trinajstić information content (AvgIpc) is 2.74. The minimum atomic E-state index is 0.0456. The van der Waals surface area contributed by atoms with Gasteiger partial charge in [0, 0.05) is 24.4 Å². The van der Waals surface area contributed by atoms with E-state index in [9.17, 15) is 0 Å². The van der Waals surface area contributed by atoms with Gasteiger partial charge in [0.25, 0.3) is 0 Å². The molecule has 2 rings (SSSR count). The molecule has 0 saturated heterocycles. The Kier molecular flexibility index (Phi) is 1.61. The second-order valence-corrected chi connectivity index (χ2v) is 3.69. The zero-order valence-corrected chi connectivity index (χ0v) is 7.25. The number of nitrogens with zero attached hydrogens (tertiary/aromatic N) is 2. The van der Waals surface area contributed by atoms with E-state index < -0.39 is 0 Å². The summed E-state index contributed by atoms with van der Waals surface area (Å²) in [5, 5.41) is 0. The molecule has 3 heteroatoms. The summed E-state index contributed by atoms with van der Waals surface area (Å²) in [4.78, 5) is 8.43. The molecule has 1 aliphatic carbocycles. The van der Waals surface area contributed by atoms with Gasteiger partial charge in [0.05, 0.1) is 11.4 Å². The quantitative estimate of drug-likeness (QED) is 0.702. The number of aromatic nitrogens is 2. The van der Waals surface area contributed by atoms with E-state index in [0.29, 0.717) is 0 Å². The fraction of sp³-hybridized carbons (Fsp3) is 0.556. The van der Waals surface area contributed by atoms with Crippen LogP contribution in [0.25, 0.3) is 0 Å². The van der Waals surface area contributed by atoms with Crippen LogP contribution in [0, 0.1) is 6.92 Å². The number of aryl methyl sites for hydroxylation is 1. The van der Waals surface area contributed by atoms with E-state index in [1.807, 2.05) is 13.1 Å². The fourth-order valence-corrected chi connectivity index (χ4v) is 1.21. The smallest absolute Gasteiger partial charge is 0.0605 e. The van der Waals surface area contributed by atoms with Crippen molar-refractivity contribution in [1.82, 2.24) is 9.97 Å². The first-order chi connectivity index (χ1) is 5.68. The minimum Gasteiger partial charge on any atom is -0.325 e. The van der Waals surface area contributed by atoms with E-state index in [1.165, 1.54) is 0 Å². The van der Waals surface area contributed by atoms with Gasteiger partial charge in [-0.1, -0.05) is 0 Å². The van der Waals surface area contributed by atoms with Crippen LogP contribution in [-0.4, -0.2) is 15.5 Å². The standard InChI is InChI=1S/C9H13N3/c1-7-5-12-8(6-11-7)4-9(10)2-3-9/h5-6H,2-4,10H2,1H3. The maximum Gasteiger partial charge on any atom is 0.0605 e. The normalized spacial score (nSPS) is 19.2. The van der Waals surface area contributed by atoms with Crippen LogP contribution < -0.4 is 5.73 Å². The maximum atomic E-state index is 5.95. The van der Waals surface area contributed by atoms with Crippen LogP contribution in [0.15, 0.2) is 12.4 Å². The number of nitrogens with two attached hydrogens (primary N) is 1. The van der Waals surface area contributed by atoms with Crippen molar-refractivity contribution in [2.24, 2.45) is 5.73 Å². The van der Waals surface area contributed by atoms with E-state index in [2.05, 4.69) is 9.97 Å². The molecule has 1 aromatic heterocycles. The second-order valence-electron chi connectivity index (χ2n) is 3.69.